The third-order valence-electron chi connectivity index (χ3n) is 4.27. The van der Waals surface area contributed by atoms with Crippen LogP contribution in [0.15, 0.2) is 54.7 Å². The van der Waals surface area contributed by atoms with Crippen LogP contribution in [0.5, 0.6) is 0 Å². The molecule has 3 aromatic rings. The third-order valence-corrected chi connectivity index (χ3v) is 5.01. The molecule has 0 bridgehead atoms. The lowest BCUT2D eigenvalue weighted by atomic mass is 10.1. The Kier molecular flexibility index (Phi) is 4.24. The van der Waals surface area contributed by atoms with E-state index in [4.69, 9.17) is 23.2 Å². The Labute approximate surface area is 156 Å². The van der Waals surface area contributed by atoms with Crippen LogP contribution in [-0.2, 0) is 6.42 Å². The summed E-state index contributed by atoms with van der Waals surface area (Å²) in [5.74, 6) is 1.39. The van der Waals surface area contributed by atoms with E-state index in [0.717, 1.165) is 17.9 Å². The van der Waals surface area contributed by atoms with Gasteiger partial charge in [-0.05, 0) is 49.2 Å². The Morgan fingerprint density at radius 3 is 2.76 bits per heavy atom. The number of nitrogens with one attached hydrogen (secondary N) is 1. The molecule has 2 aromatic carbocycles. The number of benzene rings is 2. The predicted octanol–water partition coefficient (Wildman–Crippen LogP) is 5.61. The van der Waals surface area contributed by atoms with E-state index >= 15 is 0 Å². The predicted molar refractivity (Wildman–Crippen MR) is 104 cm³/mol. The van der Waals surface area contributed by atoms with Crippen LogP contribution >= 0.6 is 23.2 Å². The number of anilines is 4. The highest BCUT2D eigenvalue weighted by Crippen LogP contribution is 2.37. The summed E-state index contributed by atoms with van der Waals surface area (Å²) in [4.78, 5) is 11.2. The first-order valence-corrected chi connectivity index (χ1v) is 8.79. The summed E-state index contributed by atoms with van der Waals surface area (Å²) in [7, 11) is 0. The average Bonchev–Trinajstić information content (AvgIpc) is 2.94. The summed E-state index contributed by atoms with van der Waals surface area (Å²) in [6.07, 6.45) is 2.77. The van der Waals surface area contributed by atoms with Gasteiger partial charge < -0.3 is 10.2 Å². The highest BCUT2D eigenvalue weighted by Gasteiger charge is 2.27. The lowest BCUT2D eigenvalue weighted by Gasteiger charge is -2.24. The number of aromatic nitrogens is 2. The van der Waals surface area contributed by atoms with Crippen molar-refractivity contribution in [2.75, 3.05) is 10.2 Å². The van der Waals surface area contributed by atoms with Crippen molar-refractivity contribution in [2.24, 2.45) is 0 Å². The fourth-order valence-electron chi connectivity index (χ4n) is 3.16. The zero-order chi connectivity index (χ0) is 17.4. The number of nitrogens with zero attached hydrogens (tertiary/aromatic N) is 3. The van der Waals surface area contributed by atoms with E-state index in [1.54, 1.807) is 18.3 Å². The molecule has 0 fully saturated rings. The number of fused-ring (bicyclic) bond motifs is 1. The largest absolute Gasteiger partial charge is 0.324 e. The molecule has 4 nitrogen and oxygen atoms in total. The van der Waals surface area contributed by atoms with Gasteiger partial charge in [-0.2, -0.15) is 4.98 Å². The molecule has 1 aromatic heterocycles. The molecule has 126 valence electrons. The van der Waals surface area contributed by atoms with Crippen LogP contribution in [0.4, 0.5) is 23.1 Å². The van der Waals surface area contributed by atoms with Crippen LogP contribution < -0.4 is 10.2 Å². The van der Waals surface area contributed by atoms with E-state index in [1.165, 1.54) is 11.3 Å². The monoisotopic (exact) mass is 370 g/mol. The van der Waals surface area contributed by atoms with Gasteiger partial charge in [0.1, 0.15) is 5.82 Å². The molecule has 4 rings (SSSR count). The summed E-state index contributed by atoms with van der Waals surface area (Å²) in [5.41, 5.74) is 3.34. The highest BCUT2D eigenvalue weighted by molar-refractivity contribution is 6.42. The van der Waals surface area contributed by atoms with Gasteiger partial charge in [0.05, 0.1) is 10.0 Å². The maximum atomic E-state index is 6.07. The van der Waals surface area contributed by atoms with Gasteiger partial charge in [0.25, 0.3) is 0 Å². The molecular formula is C19H16Cl2N4. The first-order chi connectivity index (χ1) is 12.1. The summed E-state index contributed by atoms with van der Waals surface area (Å²) >= 11 is 12.0. The maximum absolute atomic E-state index is 6.07. The number of rotatable bonds is 3. The molecule has 6 heteroatoms. The lowest BCUT2D eigenvalue weighted by Crippen LogP contribution is -2.25. The van der Waals surface area contributed by atoms with Gasteiger partial charge >= 0.3 is 0 Å². The average molecular weight is 371 g/mol. The topological polar surface area (TPSA) is 41.1 Å². The van der Waals surface area contributed by atoms with E-state index < -0.39 is 0 Å². The Hall–Kier alpha value is -2.30. The van der Waals surface area contributed by atoms with E-state index in [1.807, 2.05) is 12.1 Å². The molecule has 0 saturated heterocycles. The molecular weight excluding hydrogens is 355 g/mol. The first-order valence-electron chi connectivity index (χ1n) is 8.04. The minimum Gasteiger partial charge on any atom is -0.324 e. The van der Waals surface area contributed by atoms with Gasteiger partial charge in [0.2, 0.25) is 5.95 Å². The zero-order valence-electron chi connectivity index (χ0n) is 13.6. The first kappa shape index (κ1) is 16.2. The molecule has 0 amide bonds. The van der Waals surface area contributed by atoms with Gasteiger partial charge in [0.15, 0.2) is 0 Å². The second-order valence-electron chi connectivity index (χ2n) is 6.04. The van der Waals surface area contributed by atoms with E-state index in [9.17, 15) is 0 Å². The molecule has 1 N–H and O–H groups in total. The van der Waals surface area contributed by atoms with Crippen molar-refractivity contribution < 1.29 is 0 Å². The van der Waals surface area contributed by atoms with Crippen molar-refractivity contribution in [1.29, 1.82) is 0 Å². The van der Waals surface area contributed by atoms with Crippen molar-refractivity contribution in [3.63, 3.8) is 0 Å². The van der Waals surface area contributed by atoms with Gasteiger partial charge in [-0.15, -0.1) is 0 Å². The molecule has 25 heavy (non-hydrogen) atoms. The number of halogens is 2. The molecule has 0 aliphatic carbocycles. The number of hydrogen-bond donors (Lipinski definition) is 1. The minimum atomic E-state index is 0.352. The van der Waals surface area contributed by atoms with Crippen molar-refractivity contribution in [2.45, 2.75) is 19.4 Å². The lowest BCUT2D eigenvalue weighted by molar-refractivity contribution is 0.749. The summed E-state index contributed by atoms with van der Waals surface area (Å²) in [6, 6.07) is 16.1. The van der Waals surface area contributed by atoms with Crippen molar-refractivity contribution in [3.05, 3.63) is 70.3 Å². The van der Waals surface area contributed by atoms with Crippen LogP contribution in [0.25, 0.3) is 0 Å². The maximum Gasteiger partial charge on any atom is 0.229 e. The van der Waals surface area contributed by atoms with Gasteiger partial charge in [-0.1, -0.05) is 41.4 Å². The van der Waals surface area contributed by atoms with Crippen molar-refractivity contribution in [3.8, 4) is 0 Å². The van der Waals surface area contributed by atoms with Gasteiger partial charge in [-0.25, -0.2) is 4.98 Å². The fraction of sp³-hybridized carbons (Fsp3) is 0.158. The highest BCUT2D eigenvalue weighted by atomic mass is 35.5. The molecule has 0 saturated carbocycles. The molecule has 1 aliphatic heterocycles. The van der Waals surface area contributed by atoms with Crippen molar-refractivity contribution >= 4 is 46.3 Å². The van der Waals surface area contributed by atoms with Crippen molar-refractivity contribution in [1.82, 2.24) is 9.97 Å². The number of hydrogen-bond acceptors (Lipinski definition) is 4. The van der Waals surface area contributed by atoms with Crippen LogP contribution in [-0.4, -0.2) is 16.0 Å². The SMILES string of the molecule is CC1Cc2ccccc2N1c1ccnc(Nc2ccc(Cl)c(Cl)c2)n1. The Morgan fingerprint density at radius 2 is 1.92 bits per heavy atom. The fourth-order valence-corrected chi connectivity index (χ4v) is 3.46. The second kappa shape index (κ2) is 6.54. The van der Waals surface area contributed by atoms with Gasteiger partial charge in [-0.3, -0.25) is 0 Å². The standard InChI is InChI=1S/C19H16Cl2N4/c1-12-10-13-4-2-3-5-17(13)25(12)18-8-9-22-19(24-18)23-14-6-7-15(20)16(21)11-14/h2-9,11-12H,10H2,1H3,(H,22,23,24). The van der Waals surface area contributed by atoms with E-state index in [-0.39, 0.29) is 0 Å². The van der Waals surface area contributed by atoms with Crippen LogP contribution in [0.2, 0.25) is 10.0 Å². The normalized spacial score (nSPS) is 16.0. The molecule has 0 radical (unpaired) electrons. The second-order valence-corrected chi connectivity index (χ2v) is 6.86. The quantitative estimate of drug-likeness (QED) is 0.650. The molecule has 1 atom stereocenters. The van der Waals surface area contributed by atoms with Crippen LogP contribution in [0, 0.1) is 0 Å². The molecule has 2 heterocycles. The Bertz CT molecular complexity index is 929. The summed E-state index contributed by atoms with van der Waals surface area (Å²) in [5, 5.41) is 4.19. The van der Waals surface area contributed by atoms with E-state index in [0.29, 0.717) is 22.0 Å². The Morgan fingerprint density at radius 1 is 1.08 bits per heavy atom. The summed E-state index contributed by atoms with van der Waals surface area (Å²) < 4.78 is 0. The molecule has 1 unspecified atom stereocenters. The molecule has 1 aliphatic rings. The zero-order valence-corrected chi connectivity index (χ0v) is 15.1. The molecule has 0 spiro atoms. The van der Waals surface area contributed by atoms with Crippen LogP contribution in [0.1, 0.15) is 12.5 Å². The van der Waals surface area contributed by atoms with E-state index in [2.05, 4.69) is 51.4 Å². The minimum absolute atomic E-state index is 0.352. The summed E-state index contributed by atoms with van der Waals surface area (Å²) in [6.45, 7) is 2.20. The smallest absolute Gasteiger partial charge is 0.229 e. The third kappa shape index (κ3) is 3.15. The van der Waals surface area contributed by atoms with Crippen LogP contribution in [0.3, 0.4) is 0 Å². The Balaban J connectivity index is 1.65. The number of para-hydroxylation sites is 1. The van der Waals surface area contributed by atoms with Gasteiger partial charge in [0, 0.05) is 23.6 Å².